The molecule has 0 fully saturated rings. The summed E-state index contributed by atoms with van der Waals surface area (Å²) in [4.78, 5) is 4.62. The summed E-state index contributed by atoms with van der Waals surface area (Å²) in [5.41, 5.74) is 3.48. The molecule has 0 spiro atoms. The molecule has 0 aliphatic rings. The van der Waals surface area contributed by atoms with Crippen LogP contribution in [0.4, 0.5) is 0 Å². The summed E-state index contributed by atoms with van der Waals surface area (Å²) in [5, 5.41) is 7.92. The van der Waals surface area contributed by atoms with Crippen LogP contribution in [-0.4, -0.2) is 21.3 Å². The second-order valence-corrected chi connectivity index (χ2v) is 5.64. The quantitative estimate of drug-likeness (QED) is 0.880. The lowest BCUT2D eigenvalue weighted by Gasteiger charge is -2.21. The molecular weight excluding hydrogens is 316 g/mol. The molecule has 0 aliphatic heterocycles. The van der Waals surface area contributed by atoms with E-state index in [-0.39, 0.29) is 6.04 Å². The van der Waals surface area contributed by atoms with Gasteiger partial charge in [0.25, 0.3) is 0 Å². The highest BCUT2D eigenvalue weighted by Gasteiger charge is 2.23. The second kappa shape index (κ2) is 6.99. The SMILES string of the molecule is CCCNC(c1ncccc1CC)c1c(Br)cnn1C. The van der Waals surface area contributed by atoms with E-state index in [0.717, 1.165) is 35.2 Å². The van der Waals surface area contributed by atoms with Crippen LogP contribution in [0.2, 0.25) is 0 Å². The van der Waals surface area contributed by atoms with Crippen molar-refractivity contribution < 1.29 is 0 Å². The first kappa shape index (κ1) is 15.2. The van der Waals surface area contributed by atoms with Gasteiger partial charge in [0.05, 0.1) is 28.1 Å². The monoisotopic (exact) mass is 336 g/mol. The predicted octanol–water partition coefficient (Wildman–Crippen LogP) is 3.23. The van der Waals surface area contributed by atoms with Crippen molar-refractivity contribution in [2.45, 2.75) is 32.7 Å². The maximum atomic E-state index is 4.62. The first-order valence-electron chi connectivity index (χ1n) is 7.03. The van der Waals surface area contributed by atoms with E-state index in [0.29, 0.717) is 0 Å². The number of nitrogens with zero attached hydrogens (tertiary/aromatic N) is 3. The Balaban J connectivity index is 2.47. The Hall–Kier alpha value is -1.20. The highest BCUT2D eigenvalue weighted by molar-refractivity contribution is 9.10. The van der Waals surface area contributed by atoms with Crippen LogP contribution in [-0.2, 0) is 13.5 Å². The highest BCUT2D eigenvalue weighted by Crippen LogP contribution is 2.29. The van der Waals surface area contributed by atoms with Gasteiger partial charge in [-0.25, -0.2) is 0 Å². The van der Waals surface area contributed by atoms with Gasteiger partial charge in [-0.05, 0) is 46.9 Å². The third-order valence-corrected chi connectivity index (χ3v) is 4.00. The molecule has 0 saturated heterocycles. The van der Waals surface area contributed by atoms with Gasteiger partial charge in [0.1, 0.15) is 0 Å². The topological polar surface area (TPSA) is 42.7 Å². The van der Waals surface area contributed by atoms with Gasteiger partial charge in [-0.2, -0.15) is 5.10 Å². The van der Waals surface area contributed by atoms with Gasteiger partial charge in [-0.1, -0.05) is 19.9 Å². The molecule has 0 aromatic carbocycles. The number of rotatable bonds is 6. The van der Waals surface area contributed by atoms with Gasteiger partial charge in [-0.3, -0.25) is 9.67 Å². The average molecular weight is 337 g/mol. The molecule has 2 heterocycles. The average Bonchev–Trinajstić information content (AvgIpc) is 2.80. The molecule has 5 heteroatoms. The Morgan fingerprint density at radius 3 is 2.80 bits per heavy atom. The molecule has 0 bridgehead atoms. The fourth-order valence-electron chi connectivity index (χ4n) is 2.37. The van der Waals surface area contributed by atoms with Crippen molar-refractivity contribution in [3.8, 4) is 0 Å². The summed E-state index contributed by atoms with van der Waals surface area (Å²) in [5.74, 6) is 0. The van der Waals surface area contributed by atoms with Gasteiger partial charge in [0.15, 0.2) is 0 Å². The molecule has 2 aromatic rings. The molecular formula is C15H21BrN4. The van der Waals surface area contributed by atoms with E-state index in [1.165, 1.54) is 5.56 Å². The molecule has 4 nitrogen and oxygen atoms in total. The third kappa shape index (κ3) is 3.10. The third-order valence-electron chi connectivity index (χ3n) is 3.39. The zero-order chi connectivity index (χ0) is 14.5. The van der Waals surface area contributed by atoms with Crippen molar-refractivity contribution in [2.24, 2.45) is 7.05 Å². The van der Waals surface area contributed by atoms with Crippen molar-refractivity contribution in [2.75, 3.05) is 6.54 Å². The van der Waals surface area contributed by atoms with E-state index < -0.39 is 0 Å². The molecule has 0 saturated carbocycles. The first-order valence-corrected chi connectivity index (χ1v) is 7.82. The van der Waals surface area contributed by atoms with E-state index in [9.17, 15) is 0 Å². The van der Waals surface area contributed by atoms with Crippen LogP contribution in [0.25, 0.3) is 0 Å². The lowest BCUT2D eigenvalue weighted by atomic mass is 10.0. The van der Waals surface area contributed by atoms with Crippen molar-refractivity contribution in [3.05, 3.63) is 46.0 Å². The molecule has 1 atom stereocenters. The van der Waals surface area contributed by atoms with Crippen molar-refractivity contribution >= 4 is 15.9 Å². The van der Waals surface area contributed by atoms with Gasteiger partial charge in [0, 0.05) is 13.2 Å². The molecule has 0 amide bonds. The summed E-state index contributed by atoms with van der Waals surface area (Å²) in [6.07, 6.45) is 5.76. The largest absolute Gasteiger partial charge is 0.304 e. The van der Waals surface area contributed by atoms with Crippen LogP contribution in [0.5, 0.6) is 0 Å². The lowest BCUT2D eigenvalue weighted by molar-refractivity contribution is 0.538. The van der Waals surface area contributed by atoms with Crippen LogP contribution in [0.3, 0.4) is 0 Å². The molecule has 0 radical (unpaired) electrons. The van der Waals surface area contributed by atoms with Crippen LogP contribution in [0, 0.1) is 0 Å². The Kier molecular flexibility index (Phi) is 5.31. The molecule has 2 aromatic heterocycles. The molecule has 108 valence electrons. The number of nitrogens with one attached hydrogen (secondary N) is 1. The molecule has 0 aliphatic carbocycles. The van der Waals surface area contributed by atoms with Crippen molar-refractivity contribution in [1.82, 2.24) is 20.1 Å². The van der Waals surface area contributed by atoms with E-state index in [4.69, 9.17) is 0 Å². The number of hydrogen-bond donors (Lipinski definition) is 1. The Morgan fingerprint density at radius 2 is 2.20 bits per heavy atom. The number of pyridine rings is 1. The van der Waals surface area contributed by atoms with E-state index >= 15 is 0 Å². The van der Waals surface area contributed by atoms with Crippen LogP contribution < -0.4 is 5.32 Å². The van der Waals surface area contributed by atoms with Gasteiger partial charge in [0.2, 0.25) is 0 Å². The van der Waals surface area contributed by atoms with Gasteiger partial charge < -0.3 is 5.32 Å². The van der Waals surface area contributed by atoms with E-state index in [2.05, 4.69) is 51.2 Å². The zero-order valence-corrected chi connectivity index (χ0v) is 13.8. The number of aromatic nitrogens is 3. The summed E-state index contributed by atoms with van der Waals surface area (Å²) in [6, 6.07) is 4.21. The predicted molar refractivity (Wildman–Crippen MR) is 84.7 cm³/mol. The van der Waals surface area contributed by atoms with Gasteiger partial charge >= 0.3 is 0 Å². The lowest BCUT2D eigenvalue weighted by Crippen LogP contribution is -2.27. The molecule has 1 unspecified atom stereocenters. The summed E-state index contributed by atoms with van der Waals surface area (Å²) < 4.78 is 2.92. The minimum absolute atomic E-state index is 0.0629. The van der Waals surface area contributed by atoms with Crippen molar-refractivity contribution in [1.29, 1.82) is 0 Å². The summed E-state index contributed by atoms with van der Waals surface area (Å²) in [6.45, 7) is 5.28. The minimum Gasteiger partial charge on any atom is -0.304 e. The van der Waals surface area contributed by atoms with Gasteiger partial charge in [-0.15, -0.1) is 0 Å². The summed E-state index contributed by atoms with van der Waals surface area (Å²) in [7, 11) is 1.97. The van der Waals surface area contributed by atoms with Crippen LogP contribution >= 0.6 is 15.9 Å². The van der Waals surface area contributed by atoms with Crippen LogP contribution in [0.15, 0.2) is 29.0 Å². The molecule has 20 heavy (non-hydrogen) atoms. The molecule has 2 rings (SSSR count). The second-order valence-electron chi connectivity index (χ2n) is 4.79. The van der Waals surface area contributed by atoms with E-state index in [1.807, 2.05) is 30.2 Å². The zero-order valence-electron chi connectivity index (χ0n) is 12.2. The maximum absolute atomic E-state index is 4.62. The minimum atomic E-state index is 0.0629. The highest BCUT2D eigenvalue weighted by atomic mass is 79.9. The van der Waals surface area contributed by atoms with Crippen LogP contribution in [0.1, 0.15) is 43.3 Å². The van der Waals surface area contributed by atoms with E-state index in [1.54, 1.807) is 0 Å². The number of halogens is 1. The number of hydrogen-bond acceptors (Lipinski definition) is 3. The van der Waals surface area contributed by atoms with Crippen molar-refractivity contribution in [3.63, 3.8) is 0 Å². The maximum Gasteiger partial charge on any atom is 0.0936 e. The summed E-state index contributed by atoms with van der Waals surface area (Å²) >= 11 is 3.60. The standard InChI is InChI=1S/C15H21BrN4/c1-4-8-17-14(15-12(16)10-19-20(15)3)13-11(5-2)7-6-9-18-13/h6-7,9-10,14,17H,4-5,8H2,1-3H3. The fraction of sp³-hybridized carbons (Fsp3) is 0.467. The normalized spacial score (nSPS) is 12.6. The Morgan fingerprint density at radius 1 is 1.40 bits per heavy atom. The molecule has 1 N–H and O–H groups in total. The number of aryl methyl sites for hydroxylation is 2. The Bertz CT molecular complexity index is 545. The fourth-order valence-corrected chi connectivity index (χ4v) is 2.94. The first-order chi connectivity index (χ1) is 9.69. The smallest absolute Gasteiger partial charge is 0.0936 e. The Labute approximate surface area is 128 Å².